The van der Waals surface area contributed by atoms with Crippen LogP contribution in [0, 0.1) is 0 Å². The number of carbonyl (C=O) groups is 1. The van der Waals surface area contributed by atoms with Gasteiger partial charge in [-0.1, -0.05) is 26.7 Å². The number of rotatable bonds is 9. The Morgan fingerprint density at radius 3 is 2.30 bits per heavy atom. The molecule has 0 unspecified atom stereocenters. The molecule has 0 N–H and O–H groups in total. The van der Waals surface area contributed by atoms with Crippen LogP contribution in [0.3, 0.4) is 0 Å². The number of sulfonamides is 1. The topological polar surface area (TPSA) is 88.4 Å². The molecule has 1 rings (SSSR count). The zero-order valence-corrected chi connectivity index (χ0v) is 15.2. The molecule has 0 saturated carbocycles. The molecule has 0 bridgehead atoms. The van der Waals surface area contributed by atoms with E-state index in [0.717, 1.165) is 30.3 Å². The standard InChI is InChI=1S/C14H27N5O3S/c1-5-9-10-11-18(8-4)23(21,22)13-15-12-19(16-13)14(20)17(6-2)7-3/h12H,5-11H2,1-4H3. The van der Waals surface area contributed by atoms with E-state index < -0.39 is 10.0 Å². The Morgan fingerprint density at radius 1 is 1.13 bits per heavy atom. The van der Waals surface area contributed by atoms with Crippen molar-refractivity contribution in [2.75, 3.05) is 26.2 Å². The monoisotopic (exact) mass is 345 g/mol. The molecule has 1 aromatic heterocycles. The van der Waals surface area contributed by atoms with E-state index in [1.807, 2.05) is 13.8 Å². The minimum Gasteiger partial charge on any atom is -0.323 e. The average molecular weight is 345 g/mol. The van der Waals surface area contributed by atoms with Crippen molar-refractivity contribution in [1.82, 2.24) is 24.0 Å². The predicted molar refractivity (Wildman–Crippen MR) is 87.7 cm³/mol. The highest BCUT2D eigenvalue weighted by atomic mass is 32.2. The number of hydrogen-bond acceptors (Lipinski definition) is 5. The van der Waals surface area contributed by atoms with Crippen LogP contribution >= 0.6 is 0 Å². The van der Waals surface area contributed by atoms with Crippen LogP contribution in [0.1, 0.15) is 47.0 Å². The van der Waals surface area contributed by atoms with E-state index in [1.54, 1.807) is 11.8 Å². The van der Waals surface area contributed by atoms with Crippen LogP contribution in [0.2, 0.25) is 0 Å². The third-order valence-electron chi connectivity index (χ3n) is 3.64. The van der Waals surface area contributed by atoms with E-state index in [0.29, 0.717) is 26.2 Å². The van der Waals surface area contributed by atoms with Crippen molar-refractivity contribution in [3.63, 3.8) is 0 Å². The highest BCUT2D eigenvalue weighted by molar-refractivity contribution is 7.88. The van der Waals surface area contributed by atoms with Gasteiger partial charge in [0.15, 0.2) is 0 Å². The Morgan fingerprint density at radius 2 is 1.78 bits per heavy atom. The summed E-state index contributed by atoms with van der Waals surface area (Å²) < 4.78 is 27.5. The normalized spacial score (nSPS) is 11.9. The van der Waals surface area contributed by atoms with Crippen molar-refractivity contribution in [3.05, 3.63) is 6.33 Å². The van der Waals surface area contributed by atoms with Crippen molar-refractivity contribution in [2.24, 2.45) is 0 Å². The summed E-state index contributed by atoms with van der Waals surface area (Å²) in [5, 5.41) is 3.56. The van der Waals surface area contributed by atoms with E-state index in [9.17, 15) is 13.2 Å². The fraction of sp³-hybridized carbons (Fsp3) is 0.786. The highest BCUT2D eigenvalue weighted by Crippen LogP contribution is 2.12. The Hall–Kier alpha value is -1.48. The Kier molecular flexibility index (Phi) is 7.63. The largest absolute Gasteiger partial charge is 0.346 e. The lowest BCUT2D eigenvalue weighted by Gasteiger charge is -2.18. The number of aromatic nitrogens is 3. The van der Waals surface area contributed by atoms with Crippen molar-refractivity contribution < 1.29 is 13.2 Å². The number of unbranched alkanes of at least 4 members (excludes halogenated alkanes) is 2. The molecule has 132 valence electrons. The lowest BCUT2D eigenvalue weighted by Crippen LogP contribution is -2.35. The lowest BCUT2D eigenvalue weighted by atomic mass is 10.2. The molecular weight excluding hydrogens is 318 g/mol. The Bertz CT molecular complexity index is 595. The fourth-order valence-corrected chi connectivity index (χ4v) is 3.51. The molecule has 0 fully saturated rings. The summed E-state index contributed by atoms with van der Waals surface area (Å²) in [4.78, 5) is 17.6. The quantitative estimate of drug-likeness (QED) is 0.637. The number of hydrogen-bond donors (Lipinski definition) is 0. The molecular formula is C14H27N5O3S. The molecule has 0 aliphatic carbocycles. The Labute approximate surface area is 138 Å². The summed E-state index contributed by atoms with van der Waals surface area (Å²) in [6.07, 6.45) is 3.94. The maximum Gasteiger partial charge on any atom is 0.346 e. The van der Waals surface area contributed by atoms with Crippen molar-refractivity contribution in [3.8, 4) is 0 Å². The van der Waals surface area contributed by atoms with E-state index in [1.165, 1.54) is 4.31 Å². The molecule has 9 heteroatoms. The molecule has 1 amide bonds. The van der Waals surface area contributed by atoms with Crippen LogP contribution in [-0.4, -0.2) is 64.6 Å². The fourth-order valence-electron chi connectivity index (χ4n) is 2.20. The van der Waals surface area contributed by atoms with Gasteiger partial charge in [0.2, 0.25) is 0 Å². The maximum absolute atomic E-state index is 12.6. The lowest BCUT2D eigenvalue weighted by molar-refractivity contribution is 0.201. The zero-order chi connectivity index (χ0) is 17.5. The molecule has 0 atom stereocenters. The van der Waals surface area contributed by atoms with Gasteiger partial charge in [0.25, 0.3) is 15.2 Å². The second kappa shape index (κ2) is 8.97. The molecule has 0 spiro atoms. The van der Waals surface area contributed by atoms with Crippen LogP contribution in [0.25, 0.3) is 0 Å². The maximum atomic E-state index is 12.6. The van der Waals surface area contributed by atoms with Gasteiger partial charge in [-0.3, -0.25) is 0 Å². The second-order valence-electron chi connectivity index (χ2n) is 5.13. The third kappa shape index (κ3) is 4.74. The molecule has 0 aliphatic heterocycles. The van der Waals surface area contributed by atoms with Gasteiger partial charge < -0.3 is 4.90 Å². The predicted octanol–water partition coefficient (Wildman–Crippen LogP) is 1.79. The van der Waals surface area contributed by atoms with Crippen LogP contribution in [-0.2, 0) is 10.0 Å². The van der Waals surface area contributed by atoms with Gasteiger partial charge in [-0.2, -0.15) is 8.99 Å². The summed E-state index contributed by atoms with van der Waals surface area (Å²) in [5.41, 5.74) is 0. The molecule has 8 nitrogen and oxygen atoms in total. The van der Waals surface area contributed by atoms with Crippen molar-refractivity contribution in [2.45, 2.75) is 52.1 Å². The number of nitrogens with zero attached hydrogens (tertiary/aromatic N) is 5. The van der Waals surface area contributed by atoms with Crippen LogP contribution < -0.4 is 0 Å². The van der Waals surface area contributed by atoms with Gasteiger partial charge in [-0.15, -0.1) is 5.10 Å². The second-order valence-corrected chi connectivity index (χ2v) is 6.96. The van der Waals surface area contributed by atoms with Crippen molar-refractivity contribution >= 4 is 16.1 Å². The minimum atomic E-state index is -3.76. The van der Waals surface area contributed by atoms with Gasteiger partial charge in [-0.25, -0.2) is 18.2 Å². The highest BCUT2D eigenvalue weighted by Gasteiger charge is 2.28. The first-order chi connectivity index (χ1) is 10.9. The van der Waals surface area contributed by atoms with Crippen LogP contribution in [0.4, 0.5) is 4.79 Å². The van der Waals surface area contributed by atoms with Crippen molar-refractivity contribution in [1.29, 1.82) is 0 Å². The number of amides is 1. The van der Waals surface area contributed by atoms with E-state index >= 15 is 0 Å². The third-order valence-corrected chi connectivity index (χ3v) is 5.40. The smallest absolute Gasteiger partial charge is 0.323 e. The summed E-state index contributed by atoms with van der Waals surface area (Å²) in [5.74, 6) is 0. The average Bonchev–Trinajstić information content (AvgIpc) is 3.03. The molecule has 1 heterocycles. The van der Waals surface area contributed by atoms with E-state index in [-0.39, 0.29) is 11.2 Å². The van der Waals surface area contributed by atoms with E-state index in [2.05, 4.69) is 17.0 Å². The van der Waals surface area contributed by atoms with Gasteiger partial charge in [0, 0.05) is 26.2 Å². The van der Waals surface area contributed by atoms with Crippen LogP contribution in [0.15, 0.2) is 11.5 Å². The van der Waals surface area contributed by atoms with E-state index in [4.69, 9.17) is 0 Å². The molecule has 1 aromatic rings. The first kappa shape index (κ1) is 19.6. The number of carbonyl (C=O) groups excluding carboxylic acids is 1. The van der Waals surface area contributed by atoms with Crippen LogP contribution in [0.5, 0.6) is 0 Å². The summed E-state index contributed by atoms with van der Waals surface area (Å²) >= 11 is 0. The molecule has 0 aromatic carbocycles. The molecule has 23 heavy (non-hydrogen) atoms. The molecule has 0 radical (unpaired) electrons. The first-order valence-electron chi connectivity index (χ1n) is 8.13. The summed E-state index contributed by atoms with van der Waals surface area (Å²) in [7, 11) is -3.76. The zero-order valence-electron chi connectivity index (χ0n) is 14.4. The molecule has 0 aliphatic rings. The Balaban J connectivity index is 2.95. The minimum absolute atomic E-state index is 0.323. The summed E-state index contributed by atoms with van der Waals surface area (Å²) in [6, 6.07) is -0.377. The van der Waals surface area contributed by atoms with Gasteiger partial charge in [-0.05, 0) is 20.3 Å². The summed E-state index contributed by atoms with van der Waals surface area (Å²) in [6.45, 7) is 9.37. The molecule has 0 saturated heterocycles. The van der Waals surface area contributed by atoms with Gasteiger partial charge >= 0.3 is 6.03 Å². The SMILES string of the molecule is CCCCCN(CC)S(=O)(=O)c1ncn(C(=O)N(CC)CC)n1. The first-order valence-corrected chi connectivity index (χ1v) is 9.57. The van der Waals surface area contributed by atoms with Gasteiger partial charge in [0.05, 0.1) is 0 Å². The van der Waals surface area contributed by atoms with Gasteiger partial charge in [0.1, 0.15) is 6.33 Å².